The number of ether oxygens (including phenoxy) is 3. The van der Waals surface area contributed by atoms with Gasteiger partial charge in [0.25, 0.3) is 0 Å². The molecule has 1 aliphatic carbocycles. The first-order chi connectivity index (χ1) is 11.1. The van der Waals surface area contributed by atoms with Gasteiger partial charge in [-0.2, -0.15) is 0 Å². The first-order valence-electron chi connectivity index (χ1n) is 7.95. The molecule has 23 heavy (non-hydrogen) atoms. The molecule has 0 amide bonds. The quantitative estimate of drug-likeness (QED) is 0.640. The van der Waals surface area contributed by atoms with Crippen molar-refractivity contribution in [3.63, 3.8) is 0 Å². The van der Waals surface area contributed by atoms with Gasteiger partial charge in [0.2, 0.25) is 0 Å². The Bertz CT molecular complexity index is 586. The molecule has 0 bridgehead atoms. The second kappa shape index (κ2) is 6.33. The summed E-state index contributed by atoms with van der Waals surface area (Å²) in [5, 5.41) is 14.4. The highest BCUT2D eigenvalue weighted by atomic mass is 16.6. The van der Waals surface area contributed by atoms with Crippen molar-refractivity contribution >= 4 is 11.4 Å². The number of hydrogen-bond donors (Lipinski definition) is 1. The van der Waals surface area contributed by atoms with Crippen LogP contribution in [0.3, 0.4) is 0 Å². The third-order valence-corrected chi connectivity index (χ3v) is 4.75. The van der Waals surface area contributed by atoms with Gasteiger partial charge in [0.1, 0.15) is 5.60 Å². The first-order valence-corrected chi connectivity index (χ1v) is 7.95. The first kappa shape index (κ1) is 16.0. The third kappa shape index (κ3) is 2.74. The second-order valence-electron chi connectivity index (χ2n) is 5.93. The zero-order valence-electron chi connectivity index (χ0n) is 13.4. The topological polar surface area (TPSA) is 82.9 Å². The fourth-order valence-electron chi connectivity index (χ4n) is 3.60. The maximum Gasteiger partial charge on any atom is 0.311 e. The summed E-state index contributed by atoms with van der Waals surface area (Å²) in [6, 6.07) is 4.97. The highest BCUT2D eigenvalue weighted by Gasteiger charge is 2.58. The predicted molar refractivity (Wildman–Crippen MR) is 85.0 cm³/mol. The zero-order chi connectivity index (χ0) is 16.4. The summed E-state index contributed by atoms with van der Waals surface area (Å²) in [5.41, 5.74) is 0.485. The van der Waals surface area contributed by atoms with E-state index in [1.807, 2.05) is 6.92 Å². The van der Waals surface area contributed by atoms with E-state index in [-0.39, 0.29) is 29.2 Å². The summed E-state index contributed by atoms with van der Waals surface area (Å²) in [4.78, 5) is 10.5. The molecule has 1 N–H and O–H groups in total. The number of nitrogens with zero attached hydrogens (tertiary/aromatic N) is 1. The van der Waals surface area contributed by atoms with Gasteiger partial charge in [0.05, 0.1) is 24.2 Å². The molecule has 1 saturated heterocycles. The lowest BCUT2D eigenvalue weighted by molar-refractivity contribution is -0.385. The molecular weight excluding hydrogens is 300 g/mol. The van der Waals surface area contributed by atoms with Crippen LogP contribution in [-0.4, -0.2) is 43.0 Å². The average Bonchev–Trinajstić information content (AvgIpc) is 3.06. The highest BCUT2D eigenvalue weighted by Crippen LogP contribution is 2.47. The van der Waals surface area contributed by atoms with Gasteiger partial charge in [-0.1, -0.05) is 0 Å². The molecule has 3 rings (SSSR count). The maximum absolute atomic E-state index is 11.0. The minimum atomic E-state index is -0.446. The molecule has 1 heterocycles. The van der Waals surface area contributed by atoms with Crippen LogP contribution in [0, 0.1) is 10.1 Å². The van der Waals surface area contributed by atoms with E-state index in [2.05, 4.69) is 5.32 Å². The lowest BCUT2D eigenvalue weighted by atomic mass is 9.70. The smallest absolute Gasteiger partial charge is 0.311 e. The lowest BCUT2D eigenvalue weighted by Gasteiger charge is -2.52. The van der Waals surface area contributed by atoms with E-state index in [1.54, 1.807) is 12.1 Å². The van der Waals surface area contributed by atoms with Crippen molar-refractivity contribution in [2.45, 2.75) is 43.9 Å². The number of anilines is 1. The molecule has 0 radical (unpaired) electrons. The van der Waals surface area contributed by atoms with E-state index < -0.39 is 4.92 Å². The van der Waals surface area contributed by atoms with Gasteiger partial charge in [-0.05, 0) is 32.3 Å². The van der Waals surface area contributed by atoms with Crippen LogP contribution in [0.15, 0.2) is 18.2 Å². The summed E-state index contributed by atoms with van der Waals surface area (Å²) in [6.07, 6.45) is 2.99. The monoisotopic (exact) mass is 322 g/mol. The molecule has 1 saturated carbocycles. The van der Waals surface area contributed by atoms with E-state index in [1.165, 1.54) is 13.2 Å². The van der Waals surface area contributed by atoms with Gasteiger partial charge in [-0.3, -0.25) is 10.1 Å². The highest BCUT2D eigenvalue weighted by molar-refractivity contribution is 5.59. The van der Waals surface area contributed by atoms with Crippen molar-refractivity contribution in [3.05, 3.63) is 28.3 Å². The van der Waals surface area contributed by atoms with Gasteiger partial charge >= 0.3 is 5.69 Å². The molecule has 0 aromatic heterocycles. The van der Waals surface area contributed by atoms with Crippen LogP contribution in [0.4, 0.5) is 11.4 Å². The minimum Gasteiger partial charge on any atom is -0.490 e. The van der Waals surface area contributed by atoms with Gasteiger partial charge < -0.3 is 19.5 Å². The molecule has 7 nitrogen and oxygen atoms in total. The Morgan fingerprint density at radius 2 is 2.35 bits per heavy atom. The minimum absolute atomic E-state index is 0.0364. The van der Waals surface area contributed by atoms with Gasteiger partial charge in [-0.25, -0.2) is 0 Å². The molecule has 1 aromatic carbocycles. The lowest BCUT2D eigenvalue weighted by Crippen LogP contribution is -2.66. The number of benzene rings is 1. The molecule has 7 heteroatoms. The van der Waals surface area contributed by atoms with Crippen molar-refractivity contribution in [2.75, 3.05) is 25.6 Å². The molecule has 1 aromatic rings. The van der Waals surface area contributed by atoms with Crippen LogP contribution < -0.4 is 10.1 Å². The number of rotatable bonds is 6. The van der Waals surface area contributed by atoms with Crippen LogP contribution in [0.25, 0.3) is 0 Å². The molecule has 126 valence electrons. The number of hydrogen-bond acceptors (Lipinski definition) is 6. The fourth-order valence-corrected chi connectivity index (χ4v) is 3.60. The number of nitro benzene ring substituents is 1. The normalized spacial score (nSPS) is 29.3. The molecule has 3 unspecified atom stereocenters. The van der Waals surface area contributed by atoms with Gasteiger partial charge in [-0.15, -0.1) is 0 Å². The SMILES string of the molecule is CCOC1CC(Nc2ccc([N+](=O)[O-])c(OC)c2)C12CCCO2. The molecular formula is C16H22N2O5. The standard InChI is InChI=1S/C16H22N2O5/c1-3-22-15-10-14(16(15)7-4-8-23-16)17-11-5-6-12(18(19)20)13(9-11)21-2/h5-6,9,14-15,17H,3-4,7-8,10H2,1-2H3. The van der Waals surface area contributed by atoms with Crippen molar-refractivity contribution in [3.8, 4) is 5.75 Å². The van der Waals surface area contributed by atoms with Crippen molar-refractivity contribution in [1.29, 1.82) is 0 Å². The second-order valence-corrected chi connectivity index (χ2v) is 5.93. The predicted octanol–water partition coefficient (Wildman–Crippen LogP) is 2.74. The molecule has 1 aliphatic heterocycles. The van der Waals surface area contributed by atoms with E-state index in [0.717, 1.165) is 31.6 Å². The Morgan fingerprint density at radius 3 is 2.96 bits per heavy atom. The van der Waals surface area contributed by atoms with Gasteiger partial charge in [0, 0.05) is 31.0 Å². The number of methoxy groups -OCH3 is 1. The molecule has 1 spiro atoms. The Hall–Kier alpha value is -1.86. The molecule has 2 fully saturated rings. The van der Waals surface area contributed by atoms with E-state index in [4.69, 9.17) is 14.2 Å². The largest absolute Gasteiger partial charge is 0.490 e. The summed E-state index contributed by atoms with van der Waals surface area (Å²) in [5.74, 6) is 0.252. The van der Waals surface area contributed by atoms with Crippen LogP contribution in [0.1, 0.15) is 26.2 Å². The Balaban J connectivity index is 1.76. The summed E-state index contributed by atoms with van der Waals surface area (Å²) >= 11 is 0. The Morgan fingerprint density at radius 1 is 1.52 bits per heavy atom. The van der Waals surface area contributed by atoms with Crippen molar-refractivity contribution in [2.24, 2.45) is 0 Å². The van der Waals surface area contributed by atoms with Crippen molar-refractivity contribution in [1.82, 2.24) is 0 Å². The molecule has 2 aliphatic rings. The van der Waals surface area contributed by atoms with Crippen LogP contribution in [0.2, 0.25) is 0 Å². The van der Waals surface area contributed by atoms with Crippen LogP contribution in [-0.2, 0) is 9.47 Å². The number of nitrogens with one attached hydrogen (secondary N) is 1. The Kier molecular flexibility index (Phi) is 4.41. The van der Waals surface area contributed by atoms with Crippen molar-refractivity contribution < 1.29 is 19.1 Å². The van der Waals surface area contributed by atoms with Crippen LogP contribution in [0.5, 0.6) is 5.75 Å². The summed E-state index contributed by atoms with van der Waals surface area (Å²) in [6.45, 7) is 3.42. The summed E-state index contributed by atoms with van der Waals surface area (Å²) in [7, 11) is 1.43. The summed E-state index contributed by atoms with van der Waals surface area (Å²) < 4.78 is 16.9. The number of nitro groups is 1. The fraction of sp³-hybridized carbons (Fsp3) is 0.625. The van der Waals surface area contributed by atoms with Crippen LogP contribution >= 0.6 is 0 Å². The van der Waals surface area contributed by atoms with E-state index in [9.17, 15) is 10.1 Å². The molecule has 3 atom stereocenters. The Labute approximate surface area is 135 Å². The van der Waals surface area contributed by atoms with Gasteiger partial charge in [0.15, 0.2) is 5.75 Å². The van der Waals surface area contributed by atoms with E-state index >= 15 is 0 Å². The third-order valence-electron chi connectivity index (χ3n) is 4.75. The zero-order valence-corrected chi connectivity index (χ0v) is 13.4. The van der Waals surface area contributed by atoms with E-state index in [0.29, 0.717) is 6.61 Å². The maximum atomic E-state index is 11.0. The average molecular weight is 322 g/mol.